The van der Waals surface area contributed by atoms with Crippen molar-refractivity contribution >= 4 is 23.5 Å². The van der Waals surface area contributed by atoms with Crippen LogP contribution in [0.2, 0.25) is 0 Å². The maximum Gasteiger partial charge on any atom is 0.233 e. The van der Waals surface area contributed by atoms with E-state index in [2.05, 4.69) is 39.1 Å². The maximum atomic E-state index is 5.29. The fraction of sp³-hybridized carbons (Fsp3) is 0.619. The van der Waals surface area contributed by atoms with Crippen LogP contribution in [0.3, 0.4) is 0 Å². The lowest BCUT2D eigenvalue weighted by atomic mass is 10.0. The summed E-state index contributed by atoms with van der Waals surface area (Å²) in [6, 6.07) is 4.37. The second kappa shape index (κ2) is 11.7. The average Bonchev–Trinajstić information content (AvgIpc) is 2.79. The molecule has 1 aliphatic heterocycles. The topological polar surface area (TPSA) is 91.8 Å². The number of ether oxygens (including phenoxy) is 2. The number of rotatable bonds is 11. The molecular weight excluding hydrogens is 396 g/mol. The second-order valence-electron chi connectivity index (χ2n) is 7.77. The van der Waals surface area contributed by atoms with Crippen molar-refractivity contribution in [3.8, 4) is 0 Å². The van der Waals surface area contributed by atoms with Gasteiger partial charge in [0, 0.05) is 64.5 Å². The van der Waals surface area contributed by atoms with Crippen molar-refractivity contribution < 1.29 is 9.47 Å². The van der Waals surface area contributed by atoms with Gasteiger partial charge in [0.2, 0.25) is 17.8 Å². The van der Waals surface area contributed by atoms with Gasteiger partial charge in [-0.1, -0.05) is 0 Å². The molecule has 0 saturated carbocycles. The van der Waals surface area contributed by atoms with E-state index in [0.717, 1.165) is 31.6 Å². The molecule has 1 aliphatic rings. The van der Waals surface area contributed by atoms with Crippen LogP contribution in [0.15, 0.2) is 24.5 Å². The van der Waals surface area contributed by atoms with Gasteiger partial charge in [0.25, 0.3) is 0 Å². The minimum atomic E-state index is 0.515. The first kappa shape index (κ1) is 23.1. The molecule has 10 nitrogen and oxygen atoms in total. The molecule has 3 rings (SSSR count). The van der Waals surface area contributed by atoms with Gasteiger partial charge in [0.05, 0.1) is 13.2 Å². The minimum Gasteiger partial charge on any atom is -0.383 e. The van der Waals surface area contributed by atoms with E-state index in [1.807, 2.05) is 12.1 Å². The fourth-order valence-corrected chi connectivity index (χ4v) is 3.55. The van der Waals surface area contributed by atoms with Crippen LogP contribution in [0, 0.1) is 0 Å². The molecule has 3 heterocycles. The Labute approximate surface area is 184 Å². The molecule has 0 unspecified atom stereocenters. The highest BCUT2D eigenvalue weighted by atomic mass is 16.5. The molecule has 0 amide bonds. The number of methoxy groups -OCH3 is 2. The van der Waals surface area contributed by atoms with Crippen molar-refractivity contribution in [1.82, 2.24) is 24.8 Å². The van der Waals surface area contributed by atoms with Gasteiger partial charge in [-0.05, 0) is 39.1 Å². The first-order chi connectivity index (χ1) is 15.1. The molecule has 0 spiro atoms. The minimum absolute atomic E-state index is 0.515. The van der Waals surface area contributed by atoms with E-state index < -0.39 is 0 Å². The Morgan fingerprint density at radius 2 is 1.65 bits per heavy atom. The molecule has 1 fully saturated rings. The van der Waals surface area contributed by atoms with E-state index in [0.29, 0.717) is 50.2 Å². The van der Waals surface area contributed by atoms with Crippen LogP contribution in [0.5, 0.6) is 0 Å². The lowest BCUT2D eigenvalue weighted by Gasteiger charge is -2.35. The van der Waals surface area contributed by atoms with Crippen molar-refractivity contribution in [3.05, 3.63) is 24.5 Å². The summed E-state index contributed by atoms with van der Waals surface area (Å²) >= 11 is 0. The summed E-state index contributed by atoms with van der Waals surface area (Å²) in [4.78, 5) is 24.9. The monoisotopic (exact) mass is 430 g/mol. The fourth-order valence-electron chi connectivity index (χ4n) is 3.55. The van der Waals surface area contributed by atoms with Gasteiger partial charge in [0.15, 0.2) is 0 Å². The summed E-state index contributed by atoms with van der Waals surface area (Å²) in [7, 11) is 7.67. The van der Waals surface area contributed by atoms with E-state index in [-0.39, 0.29) is 0 Å². The van der Waals surface area contributed by atoms with E-state index >= 15 is 0 Å². The Morgan fingerprint density at radius 3 is 2.23 bits per heavy atom. The highest BCUT2D eigenvalue weighted by Crippen LogP contribution is 2.23. The summed E-state index contributed by atoms with van der Waals surface area (Å²) in [5, 5.41) is 3.29. The zero-order valence-electron chi connectivity index (χ0n) is 19.0. The number of nitrogens with one attached hydrogen (secondary N) is 1. The van der Waals surface area contributed by atoms with Crippen molar-refractivity contribution in [2.24, 2.45) is 0 Å². The normalized spacial score (nSPS) is 14.8. The van der Waals surface area contributed by atoms with Crippen LogP contribution in [0.4, 0.5) is 23.5 Å². The Hall–Kier alpha value is -2.56. The molecule has 10 heteroatoms. The highest BCUT2D eigenvalue weighted by Gasteiger charge is 2.24. The number of piperidine rings is 1. The smallest absolute Gasteiger partial charge is 0.233 e. The van der Waals surface area contributed by atoms with E-state index in [9.17, 15) is 0 Å². The lowest BCUT2D eigenvalue weighted by Crippen LogP contribution is -2.43. The number of anilines is 4. The van der Waals surface area contributed by atoms with Crippen LogP contribution in [0.1, 0.15) is 12.8 Å². The summed E-state index contributed by atoms with van der Waals surface area (Å²) in [6.45, 7) is 4.31. The predicted molar refractivity (Wildman–Crippen MR) is 122 cm³/mol. The molecule has 0 aliphatic carbocycles. The van der Waals surface area contributed by atoms with Crippen LogP contribution in [0.25, 0.3) is 0 Å². The van der Waals surface area contributed by atoms with E-state index in [1.54, 1.807) is 26.6 Å². The molecule has 0 atom stereocenters. The third-order valence-corrected chi connectivity index (χ3v) is 5.44. The molecule has 0 radical (unpaired) electrons. The third kappa shape index (κ3) is 6.71. The molecule has 170 valence electrons. The van der Waals surface area contributed by atoms with Gasteiger partial charge < -0.3 is 29.5 Å². The van der Waals surface area contributed by atoms with Crippen molar-refractivity contribution in [3.63, 3.8) is 0 Å². The molecule has 0 bridgehead atoms. The molecule has 1 saturated heterocycles. The molecule has 2 aromatic heterocycles. The first-order valence-electron chi connectivity index (χ1n) is 10.7. The summed E-state index contributed by atoms with van der Waals surface area (Å²) in [5.41, 5.74) is 0.879. The van der Waals surface area contributed by atoms with Gasteiger partial charge in [-0.3, -0.25) is 4.98 Å². The maximum absolute atomic E-state index is 5.29. The highest BCUT2D eigenvalue weighted by molar-refractivity contribution is 5.55. The molecule has 2 aromatic rings. The number of hydrogen-bond donors (Lipinski definition) is 1. The number of pyridine rings is 1. The predicted octanol–water partition coefficient (Wildman–Crippen LogP) is 1.64. The average molecular weight is 431 g/mol. The number of hydrogen-bond acceptors (Lipinski definition) is 10. The van der Waals surface area contributed by atoms with Crippen LogP contribution >= 0.6 is 0 Å². The van der Waals surface area contributed by atoms with Crippen LogP contribution in [-0.4, -0.2) is 98.6 Å². The van der Waals surface area contributed by atoms with Crippen molar-refractivity contribution in [2.75, 3.05) is 82.8 Å². The van der Waals surface area contributed by atoms with Gasteiger partial charge in [-0.25, -0.2) is 0 Å². The Balaban J connectivity index is 1.87. The number of nitrogens with zero attached hydrogens (tertiary/aromatic N) is 7. The molecule has 31 heavy (non-hydrogen) atoms. The third-order valence-electron chi connectivity index (χ3n) is 5.44. The SMILES string of the molecule is COCCN(CCOC)c1nc(Nc2ccncc2)nc(N2CCC(N(C)C)CC2)n1. The zero-order valence-corrected chi connectivity index (χ0v) is 19.0. The largest absolute Gasteiger partial charge is 0.383 e. The molecule has 0 aromatic carbocycles. The molecule has 1 N–H and O–H groups in total. The van der Waals surface area contributed by atoms with Crippen molar-refractivity contribution in [1.29, 1.82) is 0 Å². The van der Waals surface area contributed by atoms with Gasteiger partial charge >= 0.3 is 0 Å². The summed E-state index contributed by atoms with van der Waals surface area (Å²) < 4.78 is 10.6. The van der Waals surface area contributed by atoms with Crippen LogP contribution in [-0.2, 0) is 9.47 Å². The van der Waals surface area contributed by atoms with Gasteiger partial charge in [-0.2, -0.15) is 15.0 Å². The van der Waals surface area contributed by atoms with Gasteiger partial charge in [-0.15, -0.1) is 0 Å². The van der Waals surface area contributed by atoms with Crippen LogP contribution < -0.4 is 15.1 Å². The molecular formula is C21H34N8O2. The van der Waals surface area contributed by atoms with E-state index in [4.69, 9.17) is 24.4 Å². The lowest BCUT2D eigenvalue weighted by molar-refractivity contribution is 0.189. The Bertz CT molecular complexity index is 776. The van der Waals surface area contributed by atoms with E-state index in [1.165, 1.54) is 0 Å². The van der Waals surface area contributed by atoms with Crippen molar-refractivity contribution in [2.45, 2.75) is 18.9 Å². The second-order valence-corrected chi connectivity index (χ2v) is 7.77. The quantitative estimate of drug-likeness (QED) is 0.567. The zero-order chi connectivity index (χ0) is 22.1. The number of aromatic nitrogens is 4. The first-order valence-corrected chi connectivity index (χ1v) is 10.7. The standard InChI is InChI=1S/C21H34N8O2/c1-27(2)18-7-11-28(12-8-18)20-24-19(23-17-5-9-22-10-6-17)25-21(26-20)29(13-15-30-3)14-16-31-4/h5-6,9-10,18H,7-8,11-16H2,1-4H3,(H,22,23,24,25,26). The summed E-state index contributed by atoms with van der Waals surface area (Å²) in [5.74, 6) is 1.82. The Kier molecular flexibility index (Phi) is 8.74. The van der Waals surface area contributed by atoms with Gasteiger partial charge in [0.1, 0.15) is 0 Å². The Morgan fingerprint density at radius 1 is 1.00 bits per heavy atom. The summed E-state index contributed by atoms with van der Waals surface area (Å²) in [6.07, 6.45) is 5.64.